The molecular formula is C11H16N2O. The van der Waals surface area contributed by atoms with E-state index in [1.54, 1.807) is 11.9 Å². The molecule has 14 heavy (non-hydrogen) atoms. The van der Waals surface area contributed by atoms with Gasteiger partial charge < -0.3 is 4.90 Å². The molecule has 1 amide bonds. The molecule has 0 aromatic carbocycles. The predicted molar refractivity (Wildman–Crippen MR) is 58.5 cm³/mol. The van der Waals surface area contributed by atoms with Gasteiger partial charge in [0, 0.05) is 31.9 Å². The second-order valence-corrected chi connectivity index (χ2v) is 3.38. The molecule has 0 fully saturated rings. The Bertz CT molecular complexity index is 313. The Balaban J connectivity index is 2.95. The molecule has 1 aliphatic heterocycles. The third-order valence-electron chi connectivity index (χ3n) is 2.24. The first-order valence-corrected chi connectivity index (χ1v) is 4.72. The SMILES string of the molecule is CN=C(C)/C=C1\C=CCCN(C)C1=O. The van der Waals surface area contributed by atoms with Crippen LogP contribution in [0.25, 0.3) is 0 Å². The maximum absolute atomic E-state index is 11.7. The molecule has 3 nitrogen and oxygen atoms in total. The van der Waals surface area contributed by atoms with Crippen molar-refractivity contribution in [3.8, 4) is 0 Å². The van der Waals surface area contributed by atoms with Crippen LogP contribution in [-0.2, 0) is 4.79 Å². The summed E-state index contributed by atoms with van der Waals surface area (Å²) in [6.07, 6.45) is 6.64. The van der Waals surface area contributed by atoms with Crippen molar-refractivity contribution in [2.24, 2.45) is 4.99 Å². The highest BCUT2D eigenvalue weighted by Crippen LogP contribution is 2.09. The average Bonchev–Trinajstić information content (AvgIpc) is 2.33. The van der Waals surface area contributed by atoms with Crippen molar-refractivity contribution in [3.63, 3.8) is 0 Å². The Labute approximate surface area is 84.8 Å². The summed E-state index contributed by atoms with van der Waals surface area (Å²) in [6.45, 7) is 2.67. The Morgan fingerprint density at radius 1 is 1.64 bits per heavy atom. The third-order valence-corrected chi connectivity index (χ3v) is 2.24. The van der Waals surface area contributed by atoms with E-state index in [-0.39, 0.29) is 5.91 Å². The Hall–Kier alpha value is -1.38. The van der Waals surface area contributed by atoms with Crippen LogP contribution in [0.4, 0.5) is 0 Å². The van der Waals surface area contributed by atoms with Crippen LogP contribution in [0.2, 0.25) is 0 Å². The van der Waals surface area contributed by atoms with E-state index in [2.05, 4.69) is 4.99 Å². The van der Waals surface area contributed by atoms with E-state index < -0.39 is 0 Å². The number of amides is 1. The highest BCUT2D eigenvalue weighted by Gasteiger charge is 2.14. The average molecular weight is 192 g/mol. The summed E-state index contributed by atoms with van der Waals surface area (Å²) in [7, 11) is 3.54. The summed E-state index contributed by atoms with van der Waals surface area (Å²) in [4.78, 5) is 17.5. The maximum Gasteiger partial charge on any atom is 0.253 e. The van der Waals surface area contributed by atoms with Gasteiger partial charge in [-0.2, -0.15) is 0 Å². The van der Waals surface area contributed by atoms with Crippen molar-refractivity contribution >= 4 is 11.6 Å². The van der Waals surface area contributed by atoms with E-state index in [1.165, 1.54) is 0 Å². The highest BCUT2D eigenvalue weighted by molar-refractivity contribution is 6.04. The van der Waals surface area contributed by atoms with Gasteiger partial charge in [-0.05, 0) is 19.4 Å². The van der Waals surface area contributed by atoms with E-state index >= 15 is 0 Å². The standard InChI is InChI=1S/C11H16N2O/c1-9(12-2)8-10-6-4-5-7-13(3)11(10)14/h4,6,8H,5,7H2,1-3H3/b10-8+,12-9?. The molecule has 0 saturated heterocycles. The summed E-state index contributed by atoms with van der Waals surface area (Å²) in [5, 5.41) is 0. The van der Waals surface area contributed by atoms with Gasteiger partial charge in [0.25, 0.3) is 5.91 Å². The fourth-order valence-electron chi connectivity index (χ4n) is 1.27. The molecule has 0 radical (unpaired) electrons. The summed E-state index contributed by atoms with van der Waals surface area (Å²) in [5.41, 5.74) is 1.58. The van der Waals surface area contributed by atoms with Crippen LogP contribution in [0.3, 0.4) is 0 Å². The quantitative estimate of drug-likeness (QED) is 0.457. The number of allylic oxidation sites excluding steroid dienone is 1. The van der Waals surface area contributed by atoms with Crippen LogP contribution in [0.5, 0.6) is 0 Å². The van der Waals surface area contributed by atoms with Gasteiger partial charge in [-0.25, -0.2) is 0 Å². The molecule has 0 aromatic heterocycles. The van der Waals surface area contributed by atoms with Crippen molar-refractivity contribution in [3.05, 3.63) is 23.8 Å². The highest BCUT2D eigenvalue weighted by atomic mass is 16.2. The molecule has 0 aliphatic carbocycles. The molecule has 3 heteroatoms. The van der Waals surface area contributed by atoms with Crippen LogP contribution >= 0.6 is 0 Å². The van der Waals surface area contributed by atoms with E-state index in [0.717, 1.165) is 18.7 Å². The number of rotatable bonds is 1. The van der Waals surface area contributed by atoms with Crippen molar-refractivity contribution < 1.29 is 4.79 Å². The second kappa shape index (κ2) is 4.74. The topological polar surface area (TPSA) is 32.7 Å². The van der Waals surface area contributed by atoms with Crippen molar-refractivity contribution in [1.29, 1.82) is 0 Å². The number of carbonyl (C=O) groups excluding carboxylic acids is 1. The molecule has 0 atom stereocenters. The van der Waals surface area contributed by atoms with Crippen molar-refractivity contribution in [2.75, 3.05) is 20.6 Å². The molecule has 76 valence electrons. The van der Waals surface area contributed by atoms with E-state index in [1.807, 2.05) is 32.2 Å². The zero-order valence-electron chi connectivity index (χ0n) is 8.95. The molecule has 0 aromatic rings. The third kappa shape index (κ3) is 2.55. The summed E-state index contributed by atoms with van der Waals surface area (Å²) < 4.78 is 0. The molecular weight excluding hydrogens is 176 g/mol. The minimum atomic E-state index is 0.0711. The number of nitrogens with zero attached hydrogens (tertiary/aromatic N) is 2. The minimum absolute atomic E-state index is 0.0711. The lowest BCUT2D eigenvalue weighted by Crippen LogP contribution is -2.27. The lowest BCUT2D eigenvalue weighted by atomic mass is 10.2. The Kier molecular flexibility index (Phi) is 3.63. The van der Waals surface area contributed by atoms with Gasteiger partial charge in [0.05, 0.1) is 0 Å². The van der Waals surface area contributed by atoms with Gasteiger partial charge in [-0.1, -0.05) is 12.2 Å². The predicted octanol–water partition coefficient (Wildman–Crippen LogP) is 1.42. The Morgan fingerprint density at radius 3 is 3.00 bits per heavy atom. The van der Waals surface area contributed by atoms with E-state index in [4.69, 9.17) is 0 Å². The zero-order chi connectivity index (χ0) is 10.6. The van der Waals surface area contributed by atoms with E-state index in [0.29, 0.717) is 5.57 Å². The monoisotopic (exact) mass is 192 g/mol. The summed E-state index contributed by atoms with van der Waals surface area (Å²) in [6, 6.07) is 0. The molecule has 1 heterocycles. The number of hydrogen-bond acceptors (Lipinski definition) is 2. The van der Waals surface area contributed by atoms with Crippen LogP contribution in [0, 0.1) is 0 Å². The number of aliphatic imine (C=N–C) groups is 1. The first-order valence-electron chi connectivity index (χ1n) is 4.72. The van der Waals surface area contributed by atoms with Crippen LogP contribution in [-0.4, -0.2) is 37.2 Å². The lowest BCUT2D eigenvalue weighted by Gasteiger charge is -2.14. The molecule has 1 aliphatic rings. The summed E-state index contributed by atoms with van der Waals surface area (Å²) in [5.74, 6) is 0.0711. The van der Waals surface area contributed by atoms with E-state index in [9.17, 15) is 4.79 Å². The van der Waals surface area contributed by atoms with Crippen molar-refractivity contribution in [1.82, 2.24) is 4.90 Å². The maximum atomic E-state index is 11.7. The summed E-state index contributed by atoms with van der Waals surface area (Å²) >= 11 is 0. The second-order valence-electron chi connectivity index (χ2n) is 3.38. The minimum Gasteiger partial charge on any atom is -0.341 e. The molecule has 0 bridgehead atoms. The number of likely N-dealkylation sites (N-methyl/N-ethyl adjacent to an activating group) is 1. The van der Waals surface area contributed by atoms with Crippen molar-refractivity contribution in [2.45, 2.75) is 13.3 Å². The van der Waals surface area contributed by atoms with Crippen LogP contribution in [0.1, 0.15) is 13.3 Å². The lowest BCUT2D eigenvalue weighted by molar-refractivity contribution is -0.125. The number of carbonyl (C=O) groups is 1. The van der Waals surface area contributed by atoms with Gasteiger partial charge in [0.2, 0.25) is 0 Å². The van der Waals surface area contributed by atoms with Gasteiger partial charge in [-0.3, -0.25) is 9.79 Å². The normalized spacial score (nSPS) is 21.6. The molecule has 0 unspecified atom stereocenters. The van der Waals surface area contributed by atoms with Gasteiger partial charge >= 0.3 is 0 Å². The van der Waals surface area contributed by atoms with Gasteiger partial charge in [0.15, 0.2) is 0 Å². The number of hydrogen-bond donors (Lipinski definition) is 0. The van der Waals surface area contributed by atoms with Crippen LogP contribution < -0.4 is 0 Å². The van der Waals surface area contributed by atoms with Gasteiger partial charge in [0.1, 0.15) is 0 Å². The zero-order valence-corrected chi connectivity index (χ0v) is 8.95. The fraction of sp³-hybridized carbons (Fsp3) is 0.455. The molecule has 1 rings (SSSR count). The Morgan fingerprint density at radius 2 is 2.36 bits per heavy atom. The molecule has 0 saturated carbocycles. The largest absolute Gasteiger partial charge is 0.341 e. The fourth-order valence-corrected chi connectivity index (χ4v) is 1.27. The molecule has 0 spiro atoms. The smallest absolute Gasteiger partial charge is 0.253 e. The first kappa shape index (κ1) is 10.7. The van der Waals surface area contributed by atoms with Crippen LogP contribution in [0.15, 0.2) is 28.8 Å². The molecule has 0 N–H and O–H groups in total. The first-order chi connectivity index (χ1) is 6.65. The van der Waals surface area contributed by atoms with Gasteiger partial charge in [-0.15, -0.1) is 0 Å².